The van der Waals surface area contributed by atoms with Crippen molar-refractivity contribution in [2.45, 2.75) is 76.0 Å². The van der Waals surface area contributed by atoms with Gasteiger partial charge in [-0.15, -0.1) is 0 Å². The lowest BCUT2D eigenvalue weighted by atomic mass is 9.43. The first kappa shape index (κ1) is 22.0. The van der Waals surface area contributed by atoms with E-state index in [1.165, 1.54) is 5.57 Å². The molecular weight excluding hydrogens is 428 g/mol. The van der Waals surface area contributed by atoms with E-state index in [9.17, 15) is 5.11 Å². The van der Waals surface area contributed by atoms with Gasteiger partial charge in [0.2, 0.25) is 0 Å². The fraction of sp³-hybridized carbons (Fsp3) is 0.724. The highest BCUT2D eigenvalue weighted by Gasteiger charge is 2.75. The van der Waals surface area contributed by atoms with Crippen molar-refractivity contribution >= 4 is 0 Å². The summed E-state index contributed by atoms with van der Waals surface area (Å²) < 4.78 is 25.1. The highest BCUT2D eigenvalue weighted by molar-refractivity contribution is 5.35. The van der Waals surface area contributed by atoms with Crippen LogP contribution in [0, 0.1) is 28.6 Å². The van der Waals surface area contributed by atoms with Gasteiger partial charge in [-0.05, 0) is 54.4 Å². The van der Waals surface area contributed by atoms with E-state index in [4.69, 9.17) is 18.9 Å². The molecule has 1 aromatic carbocycles. The molecule has 1 N–H and O–H groups in total. The highest BCUT2D eigenvalue weighted by Crippen LogP contribution is 2.73. The van der Waals surface area contributed by atoms with Crippen molar-refractivity contribution in [3.8, 4) is 0 Å². The maximum absolute atomic E-state index is 12.9. The van der Waals surface area contributed by atoms with Gasteiger partial charge < -0.3 is 24.1 Å². The van der Waals surface area contributed by atoms with Gasteiger partial charge in [0, 0.05) is 19.3 Å². The highest BCUT2D eigenvalue weighted by atomic mass is 16.7. The van der Waals surface area contributed by atoms with Crippen molar-refractivity contribution in [3.63, 3.8) is 0 Å². The van der Waals surface area contributed by atoms with Crippen LogP contribution in [0.4, 0.5) is 0 Å². The fourth-order valence-electron chi connectivity index (χ4n) is 9.40. The maximum Gasteiger partial charge on any atom is 0.177 e. The monoisotopic (exact) mass is 466 g/mol. The second kappa shape index (κ2) is 7.17. The van der Waals surface area contributed by atoms with Crippen LogP contribution in [-0.4, -0.2) is 43.1 Å². The standard InChI is InChI=1S/C29H38O5/c1-25-12-13-27(31-14-15-32-27)18-21(25)8-9-22-23-10-11-29(33-16-17-34-29)26(23,2)28(30,19-24(22)25)20-6-4-3-5-7-20/h3-8,22-24,30H,9-19H2,1-2H3/t22-,23-,24-,25-,26+,28-/m0/s1. The molecule has 6 atom stereocenters. The third-order valence-corrected chi connectivity index (χ3v) is 11.2. The molecule has 0 bridgehead atoms. The van der Waals surface area contributed by atoms with Gasteiger partial charge in [0.15, 0.2) is 11.6 Å². The van der Waals surface area contributed by atoms with Gasteiger partial charge in [-0.1, -0.05) is 55.8 Å². The average Bonchev–Trinajstić information content (AvgIpc) is 3.58. The molecule has 3 saturated carbocycles. The Morgan fingerprint density at radius 2 is 1.56 bits per heavy atom. The van der Waals surface area contributed by atoms with Crippen LogP contribution in [0.2, 0.25) is 0 Å². The van der Waals surface area contributed by atoms with Gasteiger partial charge >= 0.3 is 0 Å². The summed E-state index contributed by atoms with van der Waals surface area (Å²) in [6, 6.07) is 10.4. The lowest BCUT2D eigenvalue weighted by Gasteiger charge is -2.64. The van der Waals surface area contributed by atoms with E-state index in [2.05, 4.69) is 44.2 Å². The van der Waals surface area contributed by atoms with E-state index < -0.39 is 22.6 Å². The minimum atomic E-state index is -1.01. The Balaban J connectivity index is 1.35. The molecule has 34 heavy (non-hydrogen) atoms. The van der Waals surface area contributed by atoms with Gasteiger partial charge in [-0.2, -0.15) is 0 Å². The molecule has 2 heterocycles. The van der Waals surface area contributed by atoms with Gasteiger partial charge in [-0.25, -0.2) is 0 Å². The van der Waals surface area contributed by atoms with E-state index in [0.29, 0.717) is 44.2 Å². The van der Waals surface area contributed by atoms with Gasteiger partial charge in [0.25, 0.3) is 0 Å². The molecule has 1 aromatic rings. The first-order valence-electron chi connectivity index (χ1n) is 13.4. The van der Waals surface area contributed by atoms with Crippen LogP contribution in [0.5, 0.6) is 0 Å². The van der Waals surface area contributed by atoms with Crippen LogP contribution in [0.3, 0.4) is 0 Å². The number of aliphatic hydroxyl groups is 1. The molecular formula is C29H38O5. The molecule has 2 saturated heterocycles. The number of hydrogen-bond donors (Lipinski definition) is 1. The Morgan fingerprint density at radius 1 is 0.853 bits per heavy atom. The third kappa shape index (κ3) is 2.58. The minimum Gasteiger partial charge on any atom is -0.384 e. The van der Waals surface area contributed by atoms with Gasteiger partial charge in [0.1, 0.15) is 5.60 Å². The quantitative estimate of drug-likeness (QED) is 0.595. The molecule has 5 heteroatoms. The van der Waals surface area contributed by atoms with Crippen molar-refractivity contribution in [2.75, 3.05) is 26.4 Å². The maximum atomic E-state index is 12.9. The van der Waals surface area contributed by atoms with Crippen LogP contribution >= 0.6 is 0 Å². The molecule has 2 aliphatic heterocycles. The Labute approximate surface area is 202 Å². The summed E-state index contributed by atoms with van der Waals surface area (Å²) in [6.07, 6.45) is 9.08. The predicted octanol–water partition coefficient (Wildman–Crippen LogP) is 4.93. The van der Waals surface area contributed by atoms with E-state index in [1.807, 2.05) is 6.07 Å². The molecule has 4 aliphatic carbocycles. The predicted molar refractivity (Wildman–Crippen MR) is 127 cm³/mol. The summed E-state index contributed by atoms with van der Waals surface area (Å²) in [5, 5.41) is 12.9. The van der Waals surface area contributed by atoms with Crippen LogP contribution < -0.4 is 0 Å². The van der Waals surface area contributed by atoms with E-state index >= 15 is 0 Å². The normalized spacial score (nSPS) is 46.2. The minimum absolute atomic E-state index is 0.0563. The number of allylic oxidation sites excluding steroid dienone is 1. The average molecular weight is 467 g/mol. The van der Waals surface area contributed by atoms with Gasteiger partial charge in [-0.3, -0.25) is 0 Å². The molecule has 7 rings (SSSR count). The first-order valence-corrected chi connectivity index (χ1v) is 13.4. The molecule has 0 aromatic heterocycles. The van der Waals surface area contributed by atoms with E-state index in [0.717, 1.165) is 50.5 Å². The second-order valence-corrected chi connectivity index (χ2v) is 12.2. The smallest absolute Gasteiger partial charge is 0.177 e. The zero-order valence-corrected chi connectivity index (χ0v) is 20.6. The molecule has 2 spiro atoms. The molecule has 5 nitrogen and oxygen atoms in total. The zero-order chi connectivity index (χ0) is 23.2. The van der Waals surface area contributed by atoms with Crippen LogP contribution in [0.25, 0.3) is 0 Å². The lowest BCUT2D eigenvalue weighted by molar-refractivity contribution is -0.313. The third-order valence-electron chi connectivity index (χ3n) is 11.2. The van der Waals surface area contributed by atoms with Gasteiger partial charge in [0.05, 0.1) is 31.8 Å². The summed E-state index contributed by atoms with van der Waals surface area (Å²) >= 11 is 0. The second-order valence-electron chi connectivity index (χ2n) is 12.2. The molecule has 0 radical (unpaired) electrons. The summed E-state index contributed by atoms with van der Waals surface area (Å²) in [6.45, 7) is 7.37. The summed E-state index contributed by atoms with van der Waals surface area (Å²) in [7, 11) is 0. The van der Waals surface area contributed by atoms with Crippen molar-refractivity contribution in [3.05, 3.63) is 47.5 Å². The van der Waals surface area contributed by atoms with Crippen molar-refractivity contribution in [1.29, 1.82) is 0 Å². The number of hydrogen-bond acceptors (Lipinski definition) is 5. The lowest BCUT2D eigenvalue weighted by Crippen LogP contribution is -2.66. The number of rotatable bonds is 1. The molecule has 5 fully saturated rings. The molecule has 184 valence electrons. The fourth-order valence-corrected chi connectivity index (χ4v) is 9.40. The summed E-state index contributed by atoms with van der Waals surface area (Å²) in [4.78, 5) is 0. The SMILES string of the molecule is C[C@]12CCC3(CC1=CC[C@@H]1[C@@H]2C[C@](O)(c2ccccc2)[C@@]2(C)[C@H]1CCC21OCCO1)OCCO3. The number of benzene rings is 1. The van der Waals surface area contributed by atoms with Crippen molar-refractivity contribution in [2.24, 2.45) is 28.6 Å². The summed E-state index contributed by atoms with van der Waals surface area (Å²) in [5.74, 6) is 0.167. The van der Waals surface area contributed by atoms with Crippen LogP contribution in [0.1, 0.15) is 64.4 Å². The van der Waals surface area contributed by atoms with E-state index in [-0.39, 0.29) is 5.41 Å². The first-order chi connectivity index (χ1) is 16.4. The van der Waals surface area contributed by atoms with Crippen LogP contribution in [0.15, 0.2) is 42.0 Å². The Morgan fingerprint density at radius 3 is 2.29 bits per heavy atom. The van der Waals surface area contributed by atoms with Crippen molar-refractivity contribution in [1.82, 2.24) is 0 Å². The molecule has 6 aliphatic rings. The van der Waals surface area contributed by atoms with E-state index in [1.54, 1.807) is 0 Å². The van der Waals surface area contributed by atoms with Crippen molar-refractivity contribution < 1.29 is 24.1 Å². The Kier molecular flexibility index (Phi) is 4.64. The number of fused-ring (bicyclic) bond motifs is 6. The zero-order valence-electron chi connectivity index (χ0n) is 20.6. The topological polar surface area (TPSA) is 57.2 Å². The largest absolute Gasteiger partial charge is 0.384 e. The molecule has 0 unspecified atom stereocenters. The number of ether oxygens (including phenoxy) is 4. The Bertz CT molecular complexity index is 993. The summed E-state index contributed by atoms with van der Waals surface area (Å²) in [5.41, 5.74) is 1.05. The van der Waals surface area contributed by atoms with Crippen LogP contribution in [-0.2, 0) is 24.5 Å². The Hall–Kier alpha value is -1.24. The molecule has 0 amide bonds.